The van der Waals surface area contributed by atoms with Crippen LogP contribution in [0.3, 0.4) is 0 Å². The molecule has 2 heterocycles. The summed E-state index contributed by atoms with van der Waals surface area (Å²) < 4.78 is 31.5. The molecule has 1 fully saturated rings. The number of nitrogens with one attached hydrogen (secondary N) is 1. The minimum Gasteiger partial charge on any atom is -0.364 e. The van der Waals surface area contributed by atoms with Crippen molar-refractivity contribution in [2.45, 2.75) is 32.6 Å². The van der Waals surface area contributed by atoms with Crippen molar-refractivity contribution in [1.29, 1.82) is 0 Å². The normalized spacial score (nSPS) is 16.2. The molecule has 2 aromatic rings. The van der Waals surface area contributed by atoms with E-state index in [0.29, 0.717) is 38.4 Å². The number of nitrogens with zero attached hydrogens (tertiary/aromatic N) is 4. The van der Waals surface area contributed by atoms with Crippen LogP contribution < -0.4 is 5.32 Å². The van der Waals surface area contributed by atoms with Gasteiger partial charge in [-0.3, -0.25) is 0 Å². The Kier molecular flexibility index (Phi) is 7.27. The van der Waals surface area contributed by atoms with E-state index < -0.39 is 10.0 Å². The SMILES string of the molecule is CCNC(=NCc1ccccc1CC)N1CCN(S(=O)(=O)Cc2ccon2)CC1. The predicted molar refractivity (Wildman–Crippen MR) is 113 cm³/mol. The molecule has 0 aliphatic carbocycles. The Balaban J connectivity index is 1.63. The van der Waals surface area contributed by atoms with Crippen molar-refractivity contribution in [3.8, 4) is 0 Å². The fourth-order valence-corrected chi connectivity index (χ4v) is 4.84. The van der Waals surface area contributed by atoms with Crippen LogP contribution in [0, 0.1) is 0 Å². The van der Waals surface area contributed by atoms with Crippen LogP contribution in [0.25, 0.3) is 0 Å². The highest BCUT2D eigenvalue weighted by atomic mass is 32.2. The highest BCUT2D eigenvalue weighted by molar-refractivity contribution is 7.88. The molecule has 158 valence electrons. The third kappa shape index (κ3) is 5.57. The van der Waals surface area contributed by atoms with Gasteiger partial charge in [-0.05, 0) is 24.5 Å². The van der Waals surface area contributed by atoms with Crippen LogP contribution in [-0.4, -0.2) is 61.5 Å². The molecule has 0 radical (unpaired) electrons. The van der Waals surface area contributed by atoms with Gasteiger partial charge in [-0.25, -0.2) is 13.4 Å². The quantitative estimate of drug-likeness (QED) is 0.544. The topological polar surface area (TPSA) is 91.0 Å². The van der Waals surface area contributed by atoms with Gasteiger partial charge in [-0.2, -0.15) is 4.31 Å². The van der Waals surface area contributed by atoms with Gasteiger partial charge in [-0.1, -0.05) is 36.3 Å². The summed E-state index contributed by atoms with van der Waals surface area (Å²) >= 11 is 0. The summed E-state index contributed by atoms with van der Waals surface area (Å²) in [6.45, 7) is 7.60. The van der Waals surface area contributed by atoms with Crippen molar-refractivity contribution >= 4 is 16.0 Å². The lowest BCUT2D eigenvalue weighted by Gasteiger charge is -2.35. The van der Waals surface area contributed by atoms with Crippen molar-refractivity contribution in [2.75, 3.05) is 32.7 Å². The predicted octanol–water partition coefficient (Wildman–Crippen LogP) is 1.85. The molecule has 0 unspecified atom stereocenters. The summed E-state index contributed by atoms with van der Waals surface area (Å²) in [6, 6.07) is 9.92. The first-order valence-corrected chi connectivity index (χ1v) is 11.6. The Bertz CT molecular complexity index is 904. The number of hydrogen-bond acceptors (Lipinski definition) is 5. The van der Waals surface area contributed by atoms with Crippen molar-refractivity contribution in [3.05, 3.63) is 53.4 Å². The molecule has 1 saturated heterocycles. The van der Waals surface area contributed by atoms with Crippen molar-refractivity contribution < 1.29 is 12.9 Å². The molecular formula is C20H29N5O3S. The number of benzene rings is 1. The zero-order chi connectivity index (χ0) is 20.7. The van der Waals surface area contributed by atoms with Crippen LogP contribution in [0.5, 0.6) is 0 Å². The Morgan fingerprint density at radius 3 is 2.48 bits per heavy atom. The number of rotatable bonds is 7. The van der Waals surface area contributed by atoms with Gasteiger partial charge in [0.15, 0.2) is 5.96 Å². The average Bonchev–Trinajstić information content (AvgIpc) is 3.23. The Morgan fingerprint density at radius 1 is 1.14 bits per heavy atom. The second kappa shape index (κ2) is 9.89. The molecule has 0 atom stereocenters. The van der Waals surface area contributed by atoms with E-state index in [1.807, 2.05) is 13.0 Å². The van der Waals surface area contributed by atoms with Crippen LogP contribution in [0.1, 0.15) is 30.7 Å². The maximum atomic E-state index is 12.6. The van der Waals surface area contributed by atoms with Gasteiger partial charge in [0.2, 0.25) is 10.0 Å². The Hall–Kier alpha value is -2.39. The highest BCUT2D eigenvalue weighted by Crippen LogP contribution is 2.14. The van der Waals surface area contributed by atoms with E-state index in [2.05, 4.69) is 40.5 Å². The van der Waals surface area contributed by atoms with E-state index in [1.165, 1.54) is 21.7 Å². The fourth-order valence-electron chi connectivity index (χ4n) is 3.41. The largest absolute Gasteiger partial charge is 0.364 e. The van der Waals surface area contributed by atoms with Crippen LogP contribution >= 0.6 is 0 Å². The van der Waals surface area contributed by atoms with Gasteiger partial charge in [0.25, 0.3) is 0 Å². The lowest BCUT2D eigenvalue weighted by molar-refractivity contribution is 0.259. The number of guanidine groups is 1. The Morgan fingerprint density at radius 2 is 1.86 bits per heavy atom. The average molecular weight is 420 g/mol. The van der Waals surface area contributed by atoms with Gasteiger partial charge in [-0.15, -0.1) is 0 Å². The molecule has 0 saturated carbocycles. The summed E-state index contributed by atoms with van der Waals surface area (Å²) in [5.74, 6) is 0.692. The molecule has 1 aliphatic rings. The zero-order valence-corrected chi connectivity index (χ0v) is 17.9. The first-order valence-electron chi connectivity index (χ1n) is 10.0. The van der Waals surface area contributed by atoms with Gasteiger partial charge in [0, 0.05) is 38.8 Å². The number of aromatic nitrogens is 1. The molecule has 1 aromatic heterocycles. The molecular weight excluding hydrogens is 390 g/mol. The summed E-state index contributed by atoms with van der Waals surface area (Å²) in [7, 11) is -3.41. The number of aryl methyl sites for hydroxylation is 1. The van der Waals surface area contributed by atoms with Crippen molar-refractivity contribution in [2.24, 2.45) is 4.99 Å². The minimum absolute atomic E-state index is 0.133. The minimum atomic E-state index is -3.41. The van der Waals surface area contributed by atoms with Crippen LogP contribution in [0.15, 0.2) is 46.1 Å². The summed E-state index contributed by atoms with van der Waals surface area (Å²) in [5.41, 5.74) is 2.95. The molecule has 0 spiro atoms. The molecule has 0 amide bonds. The van der Waals surface area contributed by atoms with Crippen LogP contribution in [0.2, 0.25) is 0 Å². The standard InChI is InChI=1S/C20H29N5O3S/c1-3-17-7-5-6-8-18(17)15-22-20(21-4-2)24-10-12-25(13-11-24)29(26,27)16-19-9-14-28-23-19/h5-9,14H,3-4,10-13,15-16H2,1-2H3,(H,21,22). The van der Waals surface area contributed by atoms with Crippen molar-refractivity contribution in [1.82, 2.24) is 19.7 Å². The molecule has 1 aromatic carbocycles. The third-order valence-corrected chi connectivity index (χ3v) is 6.80. The summed E-state index contributed by atoms with van der Waals surface area (Å²) in [5, 5.41) is 7.05. The maximum absolute atomic E-state index is 12.6. The van der Waals surface area contributed by atoms with Crippen molar-refractivity contribution in [3.63, 3.8) is 0 Å². The van der Waals surface area contributed by atoms with Gasteiger partial charge >= 0.3 is 0 Å². The molecule has 9 heteroatoms. The van der Waals surface area contributed by atoms with Gasteiger partial charge in [0.1, 0.15) is 12.0 Å². The van der Waals surface area contributed by atoms with Crippen LogP contribution in [-0.2, 0) is 28.7 Å². The van der Waals surface area contributed by atoms with E-state index in [1.54, 1.807) is 6.07 Å². The number of aliphatic imine (C=N–C) groups is 1. The van der Waals surface area contributed by atoms with E-state index in [4.69, 9.17) is 9.52 Å². The first kappa shape index (κ1) is 21.3. The molecule has 29 heavy (non-hydrogen) atoms. The van der Waals surface area contributed by atoms with Gasteiger partial charge < -0.3 is 14.7 Å². The molecule has 3 rings (SSSR count). The fraction of sp³-hybridized carbons (Fsp3) is 0.500. The molecule has 1 N–H and O–H groups in total. The second-order valence-electron chi connectivity index (χ2n) is 6.93. The first-order chi connectivity index (χ1) is 14.0. The van der Waals surface area contributed by atoms with Crippen LogP contribution in [0.4, 0.5) is 0 Å². The Labute approximate surface area is 172 Å². The third-order valence-electron chi connectivity index (χ3n) is 4.99. The van der Waals surface area contributed by atoms with E-state index in [-0.39, 0.29) is 5.75 Å². The maximum Gasteiger partial charge on any atom is 0.220 e. The molecule has 1 aliphatic heterocycles. The summed E-state index contributed by atoms with van der Waals surface area (Å²) in [6.07, 6.45) is 2.36. The van der Waals surface area contributed by atoms with E-state index in [9.17, 15) is 8.42 Å². The van der Waals surface area contributed by atoms with E-state index >= 15 is 0 Å². The van der Waals surface area contributed by atoms with Gasteiger partial charge in [0.05, 0.1) is 12.2 Å². The lowest BCUT2D eigenvalue weighted by atomic mass is 10.1. The smallest absolute Gasteiger partial charge is 0.220 e. The molecule has 0 bridgehead atoms. The number of piperazine rings is 1. The molecule has 8 nitrogen and oxygen atoms in total. The lowest BCUT2D eigenvalue weighted by Crippen LogP contribution is -2.53. The number of hydrogen-bond donors (Lipinski definition) is 1. The number of sulfonamides is 1. The summed E-state index contributed by atoms with van der Waals surface area (Å²) in [4.78, 5) is 6.93. The monoisotopic (exact) mass is 419 g/mol. The van der Waals surface area contributed by atoms with E-state index in [0.717, 1.165) is 18.9 Å². The second-order valence-corrected chi connectivity index (χ2v) is 8.89. The highest BCUT2D eigenvalue weighted by Gasteiger charge is 2.29. The zero-order valence-electron chi connectivity index (χ0n) is 17.0.